The fourth-order valence-electron chi connectivity index (χ4n) is 2.99. The number of amides is 1. The van der Waals surface area contributed by atoms with Crippen LogP contribution in [-0.4, -0.2) is 54.0 Å². The predicted molar refractivity (Wildman–Crippen MR) is 80.6 cm³/mol. The van der Waals surface area contributed by atoms with Crippen molar-refractivity contribution in [3.63, 3.8) is 0 Å². The molecule has 0 aromatic rings. The molecule has 0 aromatic heterocycles. The van der Waals surface area contributed by atoms with Crippen molar-refractivity contribution < 1.29 is 24.2 Å². The van der Waals surface area contributed by atoms with E-state index in [4.69, 9.17) is 9.47 Å². The SMILES string of the molecule is CC(C)(C)OC(=O)N1CC=C(C2(C(=O)O)CCOCC2)CC1. The summed E-state index contributed by atoms with van der Waals surface area (Å²) < 4.78 is 10.7. The Labute approximate surface area is 131 Å². The summed E-state index contributed by atoms with van der Waals surface area (Å²) >= 11 is 0. The van der Waals surface area contributed by atoms with Crippen molar-refractivity contribution in [2.24, 2.45) is 5.41 Å². The fourth-order valence-corrected chi connectivity index (χ4v) is 2.99. The number of aliphatic carboxylic acids is 1. The molecule has 124 valence electrons. The number of carboxylic acids is 1. The van der Waals surface area contributed by atoms with Crippen molar-refractivity contribution in [1.29, 1.82) is 0 Å². The summed E-state index contributed by atoms with van der Waals surface area (Å²) in [5.74, 6) is -0.784. The summed E-state index contributed by atoms with van der Waals surface area (Å²) in [6.45, 7) is 7.34. The Morgan fingerprint density at radius 3 is 2.41 bits per heavy atom. The largest absolute Gasteiger partial charge is 0.481 e. The van der Waals surface area contributed by atoms with Crippen molar-refractivity contribution in [3.05, 3.63) is 11.6 Å². The van der Waals surface area contributed by atoms with Gasteiger partial charge < -0.3 is 19.5 Å². The van der Waals surface area contributed by atoms with Gasteiger partial charge in [0.15, 0.2) is 0 Å². The second-order valence-electron chi connectivity index (χ2n) is 6.91. The quantitative estimate of drug-likeness (QED) is 0.793. The molecule has 1 fully saturated rings. The van der Waals surface area contributed by atoms with Gasteiger partial charge in [-0.1, -0.05) is 11.6 Å². The zero-order chi connectivity index (χ0) is 16.4. The number of carboxylic acid groups (broad SMARTS) is 1. The number of hydrogen-bond acceptors (Lipinski definition) is 4. The highest BCUT2D eigenvalue weighted by Crippen LogP contribution is 2.41. The third kappa shape index (κ3) is 3.61. The molecule has 2 rings (SSSR count). The lowest BCUT2D eigenvalue weighted by atomic mass is 9.71. The maximum absolute atomic E-state index is 12.0. The lowest BCUT2D eigenvalue weighted by Crippen LogP contribution is -2.44. The molecule has 0 bridgehead atoms. The smallest absolute Gasteiger partial charge is 0.410 e. The normalized spacial score (nSPS) is 22.0. The molecule has 0 unspecified atom stereocenters. The maximum Gasteiger partial charge on any atom is 0.410 e. The van der Waals surface area contributed by atoms with Crippen LogP contribution in [0.1, 0.15) is 40.0 Å². The molecule has 0 atom stereocenters. The molecule has 0 radical (unpaired) electrons. The van der Waals surface area contributed by atoms with Crippen LogP contribution in [0.3, 0.4) is 0 Å². The van der Waals surface area contributed by atoms with Gasteiger partial charge in [0.25, 0.3) is 0 Å². The molecule has 1 amide bonds. The lowest BCUT2D eigenvalue weighted by molar-refractivity contribution is -0.151. The molecule has 0 spiro atoms. The molecule has 2 heterocycles. The Hall–Kier alpha value is -1.56. The van der Waals surface area contributed by atoms with Gasteiger partial charge in [-0.2, -0.15) is 0 Å². The Bertz CT molecular complexity index is 471. The molecule has 0 aliphatic carbocycles. The third-order valence-corrected chi connectivity index (χ3v) is 4.23. The van der Waals surface area contributed by atoms with Crippen LogP contribution in [0.2, 0.25) is 0 Å². The number of ether oxygens (including phenoxy) is 2. The average Bonchev–Trinajstić information content (AvgIpc) is 2.46. The molecule has 2 aliphatic heterocycles. The predicted octanol–water partition coefficient (Wildman–Crippen LogP) is 2.44. The van der Waals surface area contributed by atoms with Crippen molar-refractivity contribution in [1.82, 2.24) is 4.90 Å². The van der Waals surface area contributed by atoms with E-state index in [1.165, 1.54) is 0 Å². The Morgan fingerprint density at radius 1 is 1.32 bits per heavy atom. The Morgan fingerprint density at radius 2 is 1.95 bits per heavy atom. The monoisotopic (exact) mass is 311 g/mol. The van der Waals surface area contributed by atoms with Crippen molar-refractivity contribution >= 4 is 12.1 Å². The first-order chi connectivity index (χ1) is 10.2. The number of nitrogens with zero attached hydrogens (tertiary/aromatic N) is 1. The van der Waals surface area contributed by atoms with Crippen LogP contribution in [0, 0.1) is 5.41 Å². The van der Waals surface area contributed by atoms with Crippen LogP contribution >= 0.6 is 0 Å². The van der Waals surface area contributed by atoms with Crippen LogP contribution < -0.4 is 0 Å². The van der Waals surface area contributed by atoms with E-state index in [1.807, 2.05) is 26.8 Å². The van der Waals surface area contributed by atoms with Gasteiger partial charge in [-0.3, -0.25) is 4.79 Å². The zero-order valence-corrected chi connectivity index (χ0v) is 13.6. The molecule has 0 aromatic carbocycles. The van der Waals surface area contributed by atoms with Gasteiger partial charge in [0.2, 0.25) is 0 Å². The summed E-state index contributed by atoms with van der Waals surface area (Å²) in [7, 11) is 0. The average molecular weight is 311 g/mol. The van der Waals surface area contributed by atoms with Gasteiger partial charge in [-0.05, 0) is 40.0 Å². The van der Waals surface area contributed by atoms with E-state index in [2.05, 4.69) is 0 Å². The van der Waals surface area contributed by atoms with E-state index in [0.717, 1.165) is 5.57 Å². The van der Waals surface area contributed by atoms with Gasteiger partial charge >= 0.3 is 12.1 Å². The van der Waals surface area contributed by atoms with Gasteiger partial charge in [-0.25, -0.2) is 4.79 Å². The molecule has 6 nitrogen and oxygen atoms in total. The third-order valence-electron chi connectivity index (χ3n) is 4.23. The summed E-state index contributed by atoms with van der Waals surface area (Å²) in [6.07, 6.45) is 3.11. The number of carbonyl (C=O) groups excluding carboxylic acids is 1. The van der Waals surface area contributed by atoms with E-state index in [0.29, 0.717) is 45.6 Å². The first kappa shape index (κ1) is 16.8. The fraction of sp³-hybridized carbons (Fsp3) is 0.750. The van der Waals surface area contributed by atoms with Gasteiger partial charge in [0, 0.05) is 26.3 Å². The highest BCUT2D eigenvalue weighted by molar-refractivity contribution is 5.79. The maximum atomic E-state index is 12.0. The Balaban J connectivity index is 2.07. The van der Waals surface area contributed by atoms with Crippen LogP contribution in [0.4, 0.5) is 4.79 Å². The molecule has 1 saturated heterocycles. The van der Waals surface area contributed by atoms with Gasteiger partial charge in [0.1, 0.15) is 5.60 Å². The van der Waals surface area contributed by atoms with Crippen molar-refractivity contribution in [2.45, 2.75) is 45.6 Å². The topological polar surface area (TPSA) is 76.1 Å². The minimum Gasteiger partial charge on any atom is -0.481 e. The van der Waals surface area contributed by atoms with Crippen molar-refractivity contribution in [2.75, 3.05) is 26.3 Å². The molecule has 2 aliphatic rings. The second kappa shape index (κ2) is 6.28. The molecule has 1 N–H and O–H groups in total. The van der Waals surface area contributed by atoms with E-state index in [9.17, 15) is 14.7 Å². The molecule has 22 heavy (non-hydrogen) atoms. The summed E-state index contributed by atoms with van der Waals surface area (Å²) in [4.78, 5) is 25.4. The summed E-state index contributed by atoms with van der Waals surface area (Å²) in [6, 6.07) is 0. The zero-order valence-electron chi connectivity index (χ0n) is 13.6. The van der Waals surface area contributed by atoms with Crippen LogP contribution in [0.25, 0.3) is 0 Å². The minimum absolute atomic E-state index is 0.348. The van der Waals surface area contributed by atoms with Crippen molar-refractivity contribution in [3.8, 4) is 0 Å². The molecular formula is C16H25NO5. The highest BCUT2D eigenvalue weighted by Gasteiger charge is 2.44. The summed E-state index contributed by atoms with van der Waals surface area (Å²) in [5, 5.41) is 9.67. The summed E-state index contributed by atoms with van der Waals surface area (Å²) in [5.41, 5.74) is -0.425. The highest BCUT2D eigenvalue weighted by atomic mass is 16.6. The van der Waals surface area contributed by atoms with E-state index in [-0.39, 0.29) is 6.09 Å². The van der Waals surface area contributed by atoms with Crippen LogP contribution in [-0.2, 0) is 14.3 Å². The van der Waals surface area contributed by atoms with E-state index < -0.39 is 17.0 Å². The van der Waals surface area contributed by atoms with Gasteiger partial charge in [0.05, 0.1) is 5.41 Å². The standard InChI is InChI=1S/C16H25NO5/c1-15(2,3)22-14(20)17-8-4-12(5-9-17)16(13(18)19)6-10-21-11-7-16/h4H,5-11H2,1-3H3,(H,18,19). The van der Waals surface area contributed by atoms with E-state index in [1.54, 1.807) is 4.90 Å². The second-order valence-corrected chi connectivity index (χ2v) is 6.91. The first-order valence-electron chi connectivity index (χ1n) is 7.73. The molecule has 0 saturated carbocycles. The molecular weight excluding hydrogens is 286 g/mol. The van der Waals surface area contributed by atoms with Crippen LogP contribution in [0.15, 0.2) is 11.6 Å². The van der Waals surface area contributed by atoms with Crippen LogP contribution in [0.5, 0.6) is 0 Å². The number of rotatable bonds is 2. The number of carbonyl (C=O) groups is 2. The first-order valence-corrected chi connectivity index (χ1v) is 7.73. The molecule has 6 heteroatoms. The lowest BCUT2D eigenvalue weighted by Gasteiger charge is -2.39. The Kier molecular flexibility index (Phi) is 4.80. The van der Waals surface area contributed by atoms with E-state index >= 15 is 0 Å². The minimum atomic E-state index is -0.821. The van der Waals surface area contributed by atoms with Gasteiger partial charge in [-0.15, -0.1) is 0 Å². The number of hydrogen-bond donors (Lipinski definition) is 1.